The van der Waals surface area contributed by atoms with Gasteiger partial charge >= 0.3 is 0 Å². The molecular formula is C14H17NO2S. The molecule has 2 N–H and O–H groups in total. The molecule has 0 radical (unpaired) electrons. The van der Waals surface area contributed by atoms with Crippen LogP contribution in [0.1, 0.15) is 5.56 Å². The van der Waals surface area contributed by atoms with Crippen LogP contribution in [0, 0.1) is 0 Å². The highest BCUT2D eigenvalue weighted by Crippen LogP contribution is 2.19. The highest BCUT2D eigenvalue weighted by Gasteiger charge is 2.12. The van der Waals surface area contributed by atoms with E-state index in [1.165, 1.54) is 6.26 Å². The Hall–Kier alpha value is -1.39. The van der Waals surface area contributed by atoms with E-state index in [1.807, 2.05) is 42.5 Å². The Kier molecular flexibility index (Phi) is 3.68. The summed E-state index contributed by atoms with van der Waals surface area (Å²) in [5, 5.41) is 2.30. The van der Waals surface area contributed by atoms with Crippen LogP contribution >= 0.6 is 0 Å². The summed E-state index contributed by atoms with van der Waals surface area (Å²) in [6, 6.07) is 13.7. The van der Waals surface area contributed by atoms with Crippen molar-refractivity contribution in [3.05, 3.63) is 48.0 Å². The van der Waals surface area contributed by atoms with Crippen LogP contribution in [0.5, 0.6) is 0 Å². The molecule has 2 aromatic rings. The van der Waals surface area contributed by atoms with Crippen LogP contribution in [0.2, 0.25) is 0 Å². The molecule has 18 heavy (non-hydrogen) atoms. The van der Waals surface area contributed by atoms with E-state index in [0.717, 1.165) is 16.3 Å². The van der Waals surface area contributed by atoms with E-state index in [1.54, 1.807) is 0 Å². The molecule has 0 spiro atoms. The average Bonchev–Trinajstić information content (AvgIpc) is 2.27. The lowest BCUT2D eigenvalue weighted by Gasteiger charge is -2.12. The summed E-state index contributed by atoms with van der Waals surface area (Å²) < 4.78 is 22.4. The molecule has 1 atom stereocenters. The molecule has 2 rings (SSSR count). The Morgan fingerprint density at radius 3 is 2.50 bits per heavy atom. The minimum atomic E-state index is -3.02. The second-order valence-corrected chi connectivity index (χ2v) is 6.88. The quantitative estimate of drug-likeness (QED) is 0.914. The van der Waals surface area contributed by atoms with Crippen LogP contribution in [0.3, 0.4) is 0 Å². The number of sulfone groups is 1. The Bertz CT molecular complexity index is 644. The SMILES string of the molecule is CS(=O)(=O)CC(N)Cc1cccc2ccccc12. The molecule has 0 bridgehead atoms. The van der Waals surface area contributed by atoms with Crippen LogP contribution in [0.4, 0.5) is 0 Å². The molecule has 0 aliphatic carbocycles. The zero-order valence-electron chi connectivity index (χ0n) is 10.3. The van der Waals surface area contributed by atoms with Crippen molar-refractivity contribution in [1.29, 1.82) is 0 Å². The predicted octanol–water partition coefficient (Wildman–Crippen LogP) is 1.75. The fraction of sp³-hybridized carbons (Fsp3) is 0.286. The molecule has 4 heteroatoms. The van der Waals surface area contributed by atoms with Crippen molar-refractivity contribution < 1.29 is 8.42 Å². The van der Waals surface area contributed by atoms with E-state index in [0.29, 0.717) is 6.42 Å². The third-order valence-corrected chi connectivity index (χ3v) is 3.91. The van der Waals surface area contributed by atoms with Crippen LogP contribution in [-0.4, -0.2) is 26.5 Å². The first-order valence-corrected chi connectivity index (χ1v) is 7.92. The maximum absolute atomic E-state index is 11.2. The molecule has 0 heterocycles. The number of benzene rings is 2. The lowest BCUT2D eigenvalue weighted by molar-refractivity contribution is 0.591. The highest BCUT2D eigenvalue weighted by molar-refractivity contribution is 7.90. The molecule has 2 aromatic carbocycles. The number of hydrogen-bond donors (Lipinski definition) is 1. The number of hydrogen-bond acceptors (Lipinski definition) is 3. The van der Waals surface area contributed by atoms with E-state index < -0.39 is 9.84 Å². The van der Waals surface area contributed by atoms with Crippen LogP contribution in [0.15, 0.2) is 42.5 Å². The molecule has 3 nitrogen and oxygen atoms in total. The summed E-state index contributed by atoms with van der Waals surface area (Å²) in [6.07, 6.45) is 1.80. The van der Waals surface area contributed by atoms with Gasteiger partial charge in [-0.05, 0) is 22.8 Å². The monoisotopic (exact) mass is 263 g/mol. The molecule has 0 aliphatic heterocycles. The van der Waals surface area contributed by atoms with Gasteiger partial charge in [-0.2, -0.15) is 0 Å². The summed E-state index contributed by atoms with van der Waals surface area (Å²) in [7, 11) is -3.02. The van der Waals surface area contributed by atoms with Crippen molar-refractivity contribution in [2.45, 2.75) is 12.5 Å². The maximum atomic E-state index is 11.2. The minimum absolute atomic E-state index is 0.0240. The zero-order valence-corrected chi connectivity index (χ0v) is 11.2. The highest BCUT2D eigenvalue weighted by atomic mass is 32.2. The van der Waals surface area contributed by atoms with Gasteiger partial charge in [0.15, 0.2) is 0 Å². The smallest absolute Gasteiger partial charge is 0.148 e. The van der Waals surface area contributed by atoms with Crippen molar-refractivity contribution in [2.75, 3.05) is 12.0 Å². The van der Waals surface area contributed by atoms with Crippen LogP contribution in [-0.2, 0) is 16.3 Å². The molecule has 96 valence electrons. The van der Waals surface area contributed by atoms with Gasteiger partial charge in [0.05, 0.1) is 5.75 Å². The van der Waals surface area contributed by atoms with Crippen molar-refractivity contribution in [1.82, 2.24) is 0 Å². The van der Waals surface area contributed by atoms with Crippen molar-refractivity contribution in [3.63, 3.8) is 0 Å². The fourth-order valence-corrected chi connectivity index (χ4v) is 3.10. The first kappa shape index (κ1) is 13.1. The average molecular weight is 263 g/mol. The van der Waals surface area contributed by atoms with Crippen LogP contribution in [0.25, 0.3) is 10.8 Å². The van der Waals surface area contributed by atoms with Gasteiger partial charge in [0.2, 0.25) is 0 Å². The molecule has 0 saturated heterocycles. The molecule has 0 aliphatic rings. The van der Waals surface area contributed by atoms with Gasteiger partial charge in [-0.3, -0.25) is 0 Å². The van der Waals surface area contributed by atoms with Gasteiger partial charge in [0, 0.05) is 12.3 Å². The van der Waals surface area contributed by atoms with Gasteiger partial charge in [-0.25, -0.2) is 8.42 Å². The second-order valence-electron chi connectivity index (χ2n) is 4.69. The maximum Gasteiger partial charge on any atom is 0.148 e. The standard InChI is InChI=1S/C14H17NO2S/c1-18(16,17)10-13(15)9-12-7-4-6-11-5-2-3-8-14(11)12/h2-8,13H,9-10,15H2,1H3. The first-order chi connectivity index (χ1) is 8.46. The molecule has 0 amide bonds. The number of rotatable bonds is 4. The molecular weight excluding hydrogens is 246 g/mol. The Labute approximate surface area is 108 Å². The zero-order chi connectivity index (χ0) is 13.2. The predicted molar refractivity (Wildman–Crippen MR) is 75.3 cm³/mol. The van der Waals surface area contributed by atoms with Gasteiger partial charge in [-0.1, -0.05) is 42.5 Å². The van der Waals surface area contributed by atoms with Gasteiger partial charge in [-0.15, -0.1) is 0 Å². The largest absolute Gasteiger partial charge is 0.326 e. The van der Waals surface area contributed by atoms with Gasteiger partial charge in [0.1, 0.15) is 9.84 Å². The van der Waals surface area contributed by atoms with E-state index in [4.69, 9.17) is 5.73 Å². The topological polar surface area (TPSA) is 60.2 Å². The molecule has 0 fully saturated rings. The second kappa shape index (κ2) is 5.08. The lowest BCUT2D eigenvalue weighted by Crippen LogP contribution is -2.31. The van der Waals surface area contributed by atoms with Crippen molar-refractivity contribution >= 4 is 20.6 Å². The number of fused-ring (bicyclic) bond motifs is 1. The first-order valence-electron chi connectivity index (χ1n) is 5.86. The van der Waals surface area contributed by atoms with Crippen molar-refractivity contribution in [2.24, 2.45) is 5.73 Å². The Morgan fingerprint density at radius 1 is 1.11 bits per heavy atom. The Morgan fingerprint density at radius 2 is 1.78 bits per heavy atom. The van der Waals surface area contributed by atoms with E-state index in [-0.39, 0.29) is 11.8 Å². The third kappa shape index (κ3) is 3.31. The minimum Gasteiger partial charge on any atom is -0.326 e. The summed E-state index contributed by atoms with van der Waals surface area (Å²) >= 11 is 0. The van der Waals surface area contributed by atoms with Gasteiger partial charge in [0.25, 0.3) is 0 Å². The van der Waals surface area contributed by atoms with Crippen LogP contribution < -0.4 is 5.73 Å². The normalized spacial score (nSPS) is 13.7. The third-order valence-electron chi connectivity index (χ3n) is 2.88. The van der Waals surface area contributed by atoms with E-state index in [2.05, 4.69) is 0 Å². The summed E-state index contributed by atoms with van der Waals surface area (Å²) in [6.45, 7) is 0. The molecule has 0 aromatic heterocycles. The summed E-state index contributed by atoms with van der Waals surface area (Å²) in [4.78, 5) is 0. The Balaban J connectivity index is 2.27. The summed E-state index contributed by atoms with van der Waals surface area (Å²) in [5.41, 5.74) is 7.00. The van der Waals surface area contributed by atoms with E-state index >= 15 is 0 Å². The summed E-state index contributed by atoms with van der Waals surface area (Å²) in [5.74, 6) is 0.0240. The number of nitrogens with two attached hydrogens (primary N) is 1. The van der Waals surface area contributed by atoms with Gasteiger partial charge < -0.3 is 5.73 Å². The van der Waals surface area contributed by atoms with E-state index in [9.17, 15) is 8.42 Å². The molecule has 0 saturated carbocycles. The van der Waals surface area contributed by atoms with Crippen molar-refractivity contribution in [3.8, 4) is 0 Å². The fourth-order valence-electron chi connectivity index (χ4n) is 2.20. The lowest BCUT2D eigenvalue weighted by atomic mass is 10.00. The molecule has 1 unspecified atom stereocenters.